The van der Waals surface area contributed by atoms with Crippen LogP contribution < -0.4 is 9.47 Å². The third-order valence-corrected chi connectivity index (χ3v) is 11.8. The van der Waals surface area contributed by atoms with E-state index in [4.69, 9.17) is 9.47 Å². The van der Waals surface area contributed by atoms with Crippen LogP contribution in [0.5, 0.6) is 11.5 Å². The summed E-state index contributed by atoms with van der Waals surface area (Å²) >= 11 is 0. The monoisotopic (exact) mass is 606 g/mol. The number of hydrogen-bond acceptors (Lipinski definition) is 6. The Labute approximate surface area is 264 Å². The van der Waals surface area contributed by atoms with Gasteiger partial charge in [0.2, 0.25) is 5.91 Å². The van der Waals surface area contributed by atoms with Gasteiger partial charge in [0.25, 0.3) is 0 Å². The van der Waals surface area contributed by atoms with Crippen molar-refractivity contribution in [2.24, 2.45) is 11.8 Å². The fourth-order valence-electron chi connectivity index (χ4n) is 9.96. The highest BCUT2D eigenvalue weighted by Crippen LogP contribution is 2.64. The first-order chi connectivity index (χ1) is 21.3. The Bertz CT molecular complexity index is 1220. The summed E-state index contributed by atoms with van der Waals surface area (Å²) in [5.41, 5.74) is 2.24. The summed E-state index contributed by atoms with van der Waals surface area (Å²) in [7, 11) is 0. The van der Waals surface area contributed by atoms with E-state index in [0.717, 1.165) is 82.5 Å². The molecular weight excluding hydrogens is 552 g/mol. The summed E-state index contributed by atoms with van der Waals surface area (Å²) in [6.07, 6.45) is 17.6. The van der Waals surface area contributed by atoms with Gasteiger partial charge < -0.3 is 14.4 Å². The third-order valence-electron chi connectivity index (χ3n) is 11.8. The van der Waals surface area contributed by atoms with Crippen molar-refractivity contribution in [3.63, 3.8) is 0 Å². The summed E-state index contributed by atoms with van der Waals surface area (Å²) in [4.78, 5) is 43.1. The van der Waals surface area contributed by atoms with Gasteiger partial charge in [-0.3, -0.25) is 19.3 Å². The zero-order chi connectivity index (χ0) is 30.8. The smallest absolute Gasteiger partial charge is 0.308 e. The van der Waals surface area contributed by atoms with Crippen LogP contribution >= 0.6 is 0 Å². The Morgan fingerprint density at radius 2 is 1.84 bits per heavy atom. The van der Waals surface area contributed by atoms with E-state index in [0.29, 0.717) is 24.6 Å². The summed E-state index contributed by atoms with van der Waals surface area (Å²) in [5, 5.41) is 0. The van der Waals surface area contributed by atoms with Gasteiger partial charge in [-0.15, -0.1) is 0 Å². The van der Waals surface area contributed by atoms with E-state index in [-0.39, 0.29) is 41.3 Å². The average Bonchev–Trinajstić information content (AvgIpc) is 3.35. The summed E-state index contributed by atoms with van der Waals surface area (Å²) in [6.45, 7) is 7.46. The Morgan fingerprint density at radius 3 is 2.59 bits per heavy atom. The Kier molecular flexibility index (Phi) is 9.70. The molecule has 0 N–H and O–H groups in total. The summed E-state index contributed by atoms with van der Waals surface area (Å²) in [6, 6.07) is 4.28. The number of rotatable bonds is 13. The maximum absolute atomic E-state index is 14.1. The lowest BCUT2D eigenvalue weighted by Crippen LogP contribution is -2.69. The largest absolute Gasteiger partial charge is 0.483 e. The van der Waals surface area contributed by atoms with Crippen LogP contribution in [0.15, 0.2) is 12.1 Å². The van der Waals surface area contributed by atoms with Crippen LogP contribution in [0, 0.1) is 11.8 Å². The molecule has 1 aromatic rings. The number of hydrogen-bond donors (Lipinski definition) is 0. The van der Waals surface area contributed by atoms with Crippen LogP contribution in [0.2, 0.25) is 0 Å². The number of Topliss-reactive ketones (excluding diaryl/α,β-unsaturated/α-hetero) is 1. The zero-order valence-corrected chi connectivity index (χ0v) is 27.4. The number of amides is 1. The van der Waals surface area contributed by atoms with E-state index < -0.39 is 0 Å². The molecular formula is C37H54N2O5. The second-order valence-electron chi connectivity index (χ2n) is 14.6. The molecule has 1 spiro atoms. The van der Waals surface area contributed by atoms with Crippen molar-refractivity contribution >= 4 is 17.7 Å². The SMILES string of the molecule is CCCCCN(C(=O)CCCCC1CCCCC1)[C@@H]1CC[C@H]2[C@H]3Cc4ccc(OC(C)=O)c5c4[C@@]2(CCN3CC(C)=O)[C@H]1O5. The van der Waals surface area contributed by atoms with Gasteiger partial charge >= 0.3 is 5.97 Å². The van der Waals surface area contributed by atoms with Crippen molar-refractivity contribution in [2.45, 2.75) is 147 Å². The predicted octanol–water partition coefficient (Wildman–Crippen LogP) is 6.77. The number of likely N-dealkylation sites (tertiary alicyclic amines) is 1. The van der Waals surface area contributed by atoms with Crippen LogP contribution in [0.3, 0.4) is 0 Å². The molecule has 242 valence electrons. The highest BCUT2D eigenvalue weighted by molar-refractivity contribution is 5.78. The average molecular weight is 607 g/mol. The van der Waals surface area contributed by atoms with Crippen molar-refractivity contribution in [1.29, 1.82) is 0 Å². The predicted molar refractivity (Wildman–Crippen MR) is 171 cm³/mol. The molecule has 3 aliphatic carbocycles. The molecule has 1 saturated heterocycles. The number of ketones is 1. The minimum absolute atomic E-state index is 0.00233. The van der Waals surface area contributed by atoms with Crippen molar-refractivity contribution in [2.75, 3.05) is 19.6 Å². The molecule has 0 unspecified atom stereocenters. The molecule has 7 nitrogen and oxygen atoms in total. The van der Waals surface area contributed by atoms with E-state index in [1.165, 1.54) is 56.6 Å². The Hall–Kier alpha value is -2.41. The molecule has 7 heteroatoms. The quantitative estimate of drug-likeness (QED) is 0.140. The normalized spacial score (nSPS) is 29.1. The molecule has 0 radical (unpaired) electrons. The molecule has 5 atom stereocenters. The van der Waals surface area contributed by atoms with Crippen LogP contribution in [-0.2, 0) is 26.2 Å². The van der Waals surface area contributed by atoms with Gasteiger partial charge in [0.15, 0.2) is 11.5 Å². The van der Waals surface area contributed by atoms with Gasteiger partial charge in [-0.05, 0) is 75.5 Å². The van der Waals surface area contributed by atoms with Gasteiger partial charge in [-0.25, -0.2) is 0 Å². The van der Waals surface area contributed by atoms with E-state index in [9.17, 15) is 14.4 Å². The molecule has 2 aliphatic heterocycles. The van der Waals surface area contributed by atoms with Crippen molar-refractivity contribution in [3.8, 4) is 11.5 Å². The number of esters is 1. The number of ether oxygens (including phenoxy) is 2. The van der Waals surface area contributed by atoms with E-state index >= 15 is 0 Å². The lowest BCUT2D eigenvalue weighted by molar-refractivity contribution is -0.144. The molecule has 5 aliphatic rings. The highest BCUT2D eigenvalue weighted by Gasteiger charge is 2.66. The lowest BCUT2D eigenvalue weighted by Gasteiger charge is -2.60. The maximum Gasteiger partial charge on any atom is 0.308 e. The molecule has 2 bridgehead atoms. The van der Waals surface area contributed by atoms with Crippen LogP contribution in [-0.4, -0.2) is 65.3 Å². The van der Waals surface area contributed by atoms with Crippen LogP contribution in [0.25, 0.3) is 0 Å². The van der Waals surface area contributed by atoms with Crippen LogP contribution in [0.1, 0.15) is 128 Å². The van der Waals surface area contributed by atoms with E-state index in [1.807, 2.05) is 6.07 Å². The molecule has 6 rings (SSSR count). The Morgan fingerprint density at radius 1 is 1.02 bits per heavy atom. The minimum atomic E-state index is -0.347. The van der Waals surface area contributed by atoms with E-state index in [1.54, 1.807) is 6.92 Å². The molecule has 2 saturated carbocycles. The number of benzene rings is 1. The van der Waals surface area contributed by atoms with Crippen molar-refractivity contribution in [1.82, 2.24) is 9.80 Å². The maximum atomic E-state index is 14.1. The first-order valence-electron chi connectivity index (χ1n) is 17.9. The summed E-state index contributed by atoms with van der Waals surface area (Å²) < 4.78 is 12.7. The number of nitrogens with zero attached hydrogens (tertiary/aromatic N) is 2. The Balaban J connectivity index is 1.28. The summed E-state index contributed by atoms with van der Waals surface area (Å²) in [5.74, 6) is 2.59. The molecule has 1 aromatic carbocycles. The van der Waals surface area contributed by atoms with Gasteiger partial charge in [0.1, 0.15) is 11.9 Å². The lowest BCUT2D eigenvalue weighted by atomic mass is 9.51. The second-order valence-corrected chi connectivity index (χ2v) is 14.6. The fraction of sp³-hybridized carbons (Fsp3) is 0.757. The number of carbonyl (C=O) groups excluding carboxylic acids is 3. The first kappa shape index (κ1) is 31.6. The van der Waals surface area contributed by atoms with Crippen molar-refractivity contribution in [3.05, 3.63) is 23.3 Å². The molecule has 2 heterocycles. The van der Waals surface area contributed by atoms with Gasteiger partial charge in [0.05, 0.1) is 12.6 Å². The first-order valence-corrected chi connectivity index (χ1v) is 17.9. The van der Waals surface area contributed by atoms with Gasteiger partial charge in [-0.1, -0.05) is 70.8 Å². The zero-order valence-electron chi connectivity index (χ0n) is 27.4. The van der Waals surface area contributed by atoms with Gasteiger partial charge in [0, 0.05) is 36.9 Å². The minimum Gasteiger partial charge on any atom is -0.483 e. The fourth-order valence-corrected chi connectivity index (χ4v) is 9.96. The van der Waals surface area contributed by atoms with E-state index in [2.05, 4.69) is 22.8 Å². The topological polar surface area (TPSA) is 76.2 Å². The molecule has 3 fully saturated rings. The van der Waals surface area contributed by atoms with Crippen LogP contribution in [0.4, 0.5) is 0 Å². The highest BCUT2D eigenvalue weighted by atomic mass is 16.6. The van der Waals surface area contributed by atoms with Crippen molar-refractivity contribution < 1.29 is 23.9 Å². The number of carbonyl (C=O) groups is 3. The second kappa shape index (κ2) is 13.5. The number of piperidine rings is 1. The molecule has 1 amide bonds. The number of unbranched alkanes of at least 4 members (excludes halogenated alkanes) is 3. The van der Waals surface area contributed by atoms with Gasteiger partial charge in [-0.2, -0.15) is 0 Å². The standard InChI is InChI=1S/C37H54N2O5/c1-4-5-11-21-39(33(42)15-10-9-14-27-12-7-6-8-13-27)30-18-17-29-31-23-28-16-19-32(43-26(3)41)35-34(28)37(29,36(30)44-35)20-22-38(31)24-25(2)40/h16,19,27,29-31,36H,4-15,17-18,20-24H2,1-3H3/t29-,30+,31+,36-,37-/m0/s1. The third kappa shape index (κ3) is 5.94. The molecule has 0 aromatic heterocycles. The molecule has 44 heavy (non-hydrogen) atoms.